The highest BCUT2D eigenvalue weighted by Crippen LogP contribution is 2.06. The molecule has 0 fully saturated rings. The zero-order valence-corrected chi connectivity index (χ0v) is 17.1. The minimum atomic E-state index is -3.86. The Morgan fingerprint density at radius 2 is 1.63 bits per heavy atom. The van der Waals surface area contributed by atoms with Gasteiger partial charge in [-0.15, -0.1) is 0 Å². The van der Waals surface area contributed by atoms with Crippen molar-refractivity contribution in [2.75, 3.05) is 13.2 Å². The first-order valence-electron chi connectivity index (χ1n) is 9.00. The van der Waals surface area contributed by atoms with Crippen LogP contribution in [-0.2, 0) is 35.6 Å². The molecule has 0 heterocycles. The lowest BCUT2D eigenvalue weighted by Crippen LogP contribution is -2.36. The highest BCUT2D eigenvalue weighted by Gasteiger charge is 2.13. The van der Waals surface area contributed by atoms with Gasteiger partial charge in [0, 0.05) is 5.41 Å². The number of sulfonamides is 1. The Kier molecular flexibility index (Phi) is 8.45. The number of rotatable bonds is 9. The Balaban J connectivity index is 1.71. The van der Waals surface area contributed by atoms with Crippen LogP contribution in [0.15, 0.2) is 60.0 Å². The molecule has 9 heteroatoms. The van der Waals surface area contributed by atoms with E-state index in [4.69, 9.17) is 0 Å². The second-order valence-electron chi connectivity index (χ2n) is 6.37. The number of amides is 2. The highest BCUT2D eigenvalue weighted by atomic mass is 32.2. The fourth-order valence-electron chi connectivity index (χ4n) is 2.27. The normalized spacial score (nSPS) is 11.2. The fourth-order valence-corrected chi connectivity index (χ4v) is 3.02. The van der Waals surface area contributed by atoms with Gasteiger partial charge in [-0.2, -0.15) is 0 Å². The Morgan fingerprint density at radius 1 is 0.967 bits per heavy atom. The molecule has 2 aromatic carbocycles. The quantitative estimate of drug-likeness (QED) is 0.579. The molecule has 2 amide bonds. The highest BCUT2D eigenvalue weighted by molar-refractivity contribution is 7.92. The van der Waals surface area contributed by atoms with E-state index in [-0.39, 0.29) is 6.42 Å². The van der Waals surface area contributed by atoms with E-state index in [9.17, 15) is 22.8 Å². The van der Waals surface area contributed by atoms with Gasteiger partial charge in [-0.3, -0.25) is 19.7 Å². The number of aryl methyl sites for hydroxylation is 1. The summed E-state index contributed by atoms with van der Waals surface area (Å²) in [5.41, 5.74) is 2.46. The molecule has 2 rings (SSSR count). The molecule has 0 spiro atoms. The van der Waals surface area contributed by atoms with Crippen LogP contribution in [0.1, 0.15) is 16.7 Å². The van der Waals surface area contributed by atoms with Gasteiger partial charge < -0.3 is 4.74 Å². The zero-order chi connectivity index (χ0) is 22.0. The van der Waals surface area contributed by atoms with Crippen LogP contribution < -0.4 is 10.0 Å². The molecule has 0 aliphatic rings. The van der Waals surface area contributed by atoms with E-state index < -0.39 is 41.0 Å². The van der Waals surface area contributed by atoms with Crippen molar-refractivity contribution < 1.29 is 27.5 Å². The summed E-state index contributed by atoms with van der Waals surface area (Å²) in [6.45, 7) is 0.572. The van der Waals surface area contributed by atoms with Crippen molar-refractivity contribution in [3.05, 3.63) is 76.7 Å². The predicted octanol–water partition coefficient (Wildman–Crippen LogP) is 1.31. The molecule has 0 radical (unpaired) electrons. The molecule has 0 bridgehead atoms. The molecule has 158 valence electrons. The van der Waals surface area contributed by atoms with E-state index in [1.807, 2.05) is 23.8 Å². The number of esters is 1. The Morgan fingerprint density at radius 3 is 2.30 bits per heavy atom. The minimum absolute atomic E-state index is 0.00758. The van der Waals surface area contributed by atoms with E-state index in [0.29, 0.717) is 5.56 Å². The summed E-state index contributed by atoms with van der Waals surface area (Å²) in [6.07, 6.45) is 1.40. The predicted molar refractivity (Wildman–Crippen MR) is 111 cm³/mol. The molecule has 8 nitrogen and oxygen atoms in total. The zero-order valence-electron chi connectivity index (χ0n) is 16.3. The molecule has 0 saturated heterocycles. The molecular formula is C21H22N2O6S. The first-order chi connectivity index (χ1) is 14.2. The second-order valence-corrected chi connectivity index (χ2v) is 8.02. The van der Waals surface area contributed by atoms with E-state index in [1.54, 1.807) is 42.5 Å². The van der Waals surface area contributed by atoms with Crippen LogP contribution in [0.2, 0.25) is 0 Å². The summed E-state index contributed by atoms with van der Waals surface area (Å²) in [4.78, 5) is 35.1. The number of imide groups is 1. The lowest BCUT2D eigenvalue weighted by molar-refractivity contribution is -0.148. The Hall–Kier alpha value is -3.30. The molecule has 0 saturated carbocycles. The maximum atomic E-state index is 11.9. The van der Waals surface area contributed by atoms with Gasteiger partial charge in [0.2, 0.25) is 15.9 Å². The largest absolute Gasteiger partial charge is 0.455 e. The molecular weight excluding hydrogens is 408 g/mol. The van der Waals surface area contributed by atoms with Gasteiger partial charge in [0.25, 0.3) is 5.91 Å². The molecule has 0 aliphatic carbocycles. The molecule has 2 aromatic rings. The number of ether oxygens (including phenoxy) is 1. The fraction of sp³-hybridized carbons (Fsp3) is 0.190. The lowest BCUT2D eigenvalue weighted by atomic mass is 10.1. The van der Waals surface area contributed by atoms with Crippen LogP contribution in [0.4, 0.5) is 0 Å². The van der Waals surface area contributed by atoms with Gasteiger partial charge in [-0.05, 0) is 24.1 Å². The van der Waals surface area contributed by atoms with Crippen molar-refractivity contribution >= 4 is 33.9 Å². The van der Waals surface area contributed by atoms with Crippen LogP contribution in [-0.4, -0.2) is 39.4 Å². The minimum Gasteiger partial charge on any atom is -0.455 e. The van der Waals surface area contributed by atoms with Gasteiger partial charge in [-0.25, -0.2) is 13.1 Å². The third-order valence-corrected chi connectivity index (χ3v) is 4.83. The number of hydrogen-bond donors (Lipinski definition) is 2. The number of nitrogens with one attached hydrogen (secondary N) is 2. The molecule has 30 heavy (non-hydrogen) atoms. The molecule has 0 aromatic heterocycles. The van der Waals surface area contributed by atoms with Crippen LogP contribution in [0.5, 0.6) is 0 Å². The summed E-state index contributed by atoms with van der Waals surface area (Å²) in [7, 11) is -3.86. The van der Waals surface area contributed by atoms with Crippen LogP contribution in [0.3, 0.4) is 0 Å². The third-order valence-electron chi connectivity index (χ3n) is 3.79. The van der Waals surface area contributed by atoms with Crippen LogP contribution in [0, 0.1) is 6.92 Å². The number of carbonyl (C=O) groups is 3. The van der Waals surface area contributed by atoms with Gasteiger partial charge in [0.15, 0.2) is 6.61 Å². The van der Waals surface area contributed by atoms with E-state index in [2.05, 4.69) is 10.1 Å². The summed E-state index contributed by atoms with van der Waals surface area (Å²) < 4.78 is 30.5. The smallest absolute Gasteiger partial charge is 0.321 e. The second kappa shape index (κ2) is 11.0. The van der Waals surface area contributed by atoms with Gasteiger partial charge in [0.05, 0.1) is 6.42 Å². The first kappa shape index (κ1) is 23.0. The number of carbonyl (C=O) groups excluding carboxylic acids is 3. The Bertz CT molecular complexity index is 1020. The summed E-state index contributed by atoms with van der Waals surface area (Å²) in [5.74, 6) is -2.29. The SMILES string of the molecule is Cc1ccc(/C=C/S(=O)(=O)NCC(=O)OCC(=O)NC(=O)Cc2ccccc2)cc1. The van der Waals surface area contributed by atoms with Crippen molar-refractivity contribution in [3.63, 3.8) is 0 Å². The molecule has 2 N–H and O–H groups in total. The summed E-state index contributed by atoms with van der Waals surface area (Å²) >= 11 is 0. The third kappa shape index (κ3) is 8.80. The monoisotopic (exact) mass is 430 g/mol. The number of hydrogen-bond acceptors (Lipinski definition) is 6. The van der Waals surface area contributed by atoms with Crippen molar-refractivity contribution in [2.45, 2.75) is 13.3 Å². The van der Waals surface area contributed by atoms with Gasteiger partial charge >= 0.3 is 5.97 Å². The molecule has 0 unspecified atom stereocenters. The van der Waals surface area contributed by atoms with Gasteiger partial charge in [0.1, 0.15) is 6.54 Å². The topological polar surface area (TPSA) is 119 Å². The maximum absolute atomic E-state index is 11.9. The summed E-state index contributed by atoms with van der Waals surface area (Å²) in [5, 5.41) is 3.02. The van der Waals surface area contributed by atoms with Crippen molar-refractivity contribution in [1.82, 2.24) is 10.0 Å². The van der Waals surface area contributed by atoms with Crippen molar-refractivity contribution in [3.8, 4) is 0 Å². The molecule has 0 atom stereocenters. The first-order valence-corrected chi connectivity index (χ1v) is 10.5. The summed E-state index contributed by atoms with van der Waals surface area (Å²) in [6, 6.07) is 16.0. The average molecular weight is 430 g/mol. The maximum Gasteiger partial charge on any atom is 0.321 e. The lowest BCUT2D eigenvalue weighted by Gasteiger charge is -2.06. The van der Waals surface area contributed by atoms with Crippen LogP contribution in [0.25, 0.3) is 6.08 Å². The van der Waals surface area contributed by atoms with E-state index in [0.717, 1.165) is 16.5 Å². The van der Waals surface area contributed by atoms with Crippen LogP contribution >= 0.6 is 0 Å². The van der Waals surface area contributed by atoms with Crippen molar-refractivity contribution in [2.24, 2.45) is 0 Å². The van der Waals surface area contributed by atoms with Gasteiger partial charge in [-0.1, -0.05) is 60.2 Å². The average Bonchev–Trinajstić information content (AvgIpc) is 2.71. The standard InChI is InChI=1S/C21H22N2O6S/c1-16-7-9-17(10-8-16)11-12-30(27,28)22-14-21(26)29-15-20(25)23-19(24)13-18-5-3-2-4-6-18/h2-12,22H,13-15H2,1H3,(H,23,24,25)/b12-11+. The van der Waals surface area contributed by atoms with E-state index in [1.165, 1.54) is 6.08 Å². The van der Waals surface area contributed by atoms with Crippen molar-refractivity contribution in [1.29, 1.82) is 0 Å². The molecule has 0 aliphatic heterocycles. The Labute approximate surface area is 175 Å². The van der Waals surface area contributed by atoms with E-state index >= 15 is 0 Å². The number of benzene rings is 2.